The fourth-order valence-electron chi connectivity index (χ4n) is 2.28. The average Bonchev–Trinajstić information content (AvgIpc) is 2.53. The molecule has 0 aliphatic heterocycles. The van der Waals surface area contributed by atoms with Crippen molar-refractivity contribution in [3.05, 3.63) is 71.6 Å². The predicted octanol–water partition coefficient (Wildman–Crippen LogP) is 2.93. The van der Waals surface area contributed by atoms with E-state index >= 15 is 0 Å². The zero-order valence-electron chi connectivity index (χ0n) is 12.1. The molecule has 1 amide bonds. The van der Waals surface area contributed by atoms with Crippen LogP contribution in [-0.2, 0) is 11.3 Å². The molecule has 1 aromatic heterocycles. The Kier molecular flexibility index (Phi) is 3.97. The van der Waals surface area contributed by atoms with E-state index in [2.05, 4.69) is 5.32 Å². The number of carbonyl (C=O) groups is 1. The van der Waals surface area contributed by atoms with E-state index in [4.69, 9.17) is 4.74 Å². The van der Waals surface area contributed by atoms with Gasteiger partial charge in [-0.15, -0.1) is 0 Å². The molecule has 6 heteroatoms. The van der Waals surface area contributed by atoms with Crippen LogP contribution in [0.25, 0.3) is 10.9 Å². The monoisotopic (exact) mass is 310 g/mol. The molecule has 0 spiro atoms. The van der Waals surface area contributed by atoms with Crippen molar-refractivity contribution < 1.29 is 19.4 Å². The second kappa shape index (κ2) is 6.23. The Morgan fingerprint density at radius 3 is 2.74 bits per heavy atom. The van der Waals surface area contributed by atoms with E-state index in [1.807, 2.05) is 30.3 Å². The van der Waals surface area contributed by atoms with Crippen molar-refractivity contribution in [3.8, 4) is 5.75 Å². The summed E-state index contributed by atoms with van der Waals surface area (Å²) >= 11 is 0. The molecular weight excluding hydrogens is 296 g/mol. The lowest BCUT2D eigenvalue weighted by Crippen LogP contribution is -2.27. The maximum absolute atomic E-state index is 11.9. The fourth-order valence-corrected chi connectivity index (χ4v) is 2.28. The molecule has 0 atom stereocenters. The number of pyridine rings is 1. The van der Waals surface area contributed by atoms with Crippen molar-refractivity contribution in [2.45, 2.75) is 6.61 Å². The predicted molar refractivity (Wildman–Crippen MR) is 84.8 cm³/mol. The summed E-state index contributed by atoms with van der Waals surface area (Å²) in [5.41, 5.74) is 1.29. The van der Waals surface area contributed by atoms with Crippen LogP contribution < -0.4 is 10.0 Å². The molecular formula is C17H14N2O4. The first-order valence-corrected chi connectivity index (χ1v) is 6.96. The lowest BCUT2D eigenvalue weighted by molar-refractivity contribution is -0.576. The van der Waals surface area contributed by atoms with Crippen molar-refractivity contribution in [1.29, 1.82) is 0 Å². The van der Waals surface area contributed by atoms with Gasteiger partial charge in [0.2, 0.25) is 5.52 Å². The first-order chi connectivity index (χ1) is 11.1. The number of rotatable bonds is 3. The van der Waals surface area contributed by atoms with Crippen LogP contribution in [0.15, 0.2) is 60.8 Å². The Hall–Kier alpha value is -3.28. The summed E-state index contributed by atoms with van der Waals surface area (Å²) in [5.74, 6) is -0.0536. The zero-order chi connectivity index (χ0) is 16.2. The third-order valence-electron chi connectivity index (χ3n) is 3.29. The molecule has 0 saturated heterocycles. The van der Waals surface area contributed by atoms with Gasteiger partial charge in [0.1, 0.15) is 18.0 Å². The number of amides is 1. The van der Waals surface area contributed by atoms with Crippen molar-refractivity contribution in [3.63, 3.8) is 0 Å². The fraction of sp³-hybridized carbons (Fsp3) is 0.0588. The van der Waals surface area contributed by atoms with Gasteiger partial charge in [-0.3, -0.25) is 5.32 Å². The number of phenols is 1. The molecule has 0 aliphatic rings. The standard InChI is InChI=1S/C17H14N2O4/c20-14-9-13-7-4-8-19(22)16(13)15(10-14)18-17(21)23-11-12-5-2-1-3-6-12/h1-10,20H,11H2,(H,18,21). The van der Waals surface area contributed by atoms with Crippen LogP contribution in [0.2, 0.25) is 0 Å². The lowest BCUT2D eigenvalue weighted by Gasteiger charge is -2.10. The Morgan fingerprint density at radius 2 is 1.96 bits per heavy atom. The molecule has 2 N–H and O–H groups in total. The molecule has 0 saturated carbocycles. The summed E-state index contributed by atoms with van der Waals surface area (Å²) in [6.07, 6.45) is 0.615. The number of anilines is 1. The van der Waals surface area contributed by atoms with Gasteiger partial charge in [0.25, 0.3) is 0 Å². The summed E-state index contributed by atoms with van der Waals surface area (Å²) in [6.45, 7) is 0.112. The minimum Gasteiger partial charge on any atom is -0.618 e. The van der Waals surface area contributed by atoms with Crippen molar-refractivity contribution in [2.75, 3.05) is 5.32 Å². The average molecular weight is 310 g/mol. The number of hydrogen-bond acceptors (Lipinski definition) is 4. The Morgan fingerprint density at radius 1 is 1.17 bits per heavy atom. The number of phenolic OH excluding ortho intramolecular Hbond substituents is 1. The summed E-state index contributed by atoms with van der Waals surface area (Å²) in [7, 11) is 0. The molecule has 3 aromatic rings. The number of hydrogen-bond donors (Lipinski definition) is 2. The van der Waals surface area contributed by atoms with Gasteiger partial charge in [0.05, 0.1) is 5.39 Å². The molecule has 23 heavy (non-hydrogen) atoms. The van der Waals surface area contributed by atoms with E-state index in [1.165, 1.54) is 18.3 Å². The Labute approximate surface area is 132 Å². The van der Waals surface area contributed by atoms with Crippen LogP contribution in [-0.4, -0.2) is 11.2 Å². The van der Waals surface area contributed by atoms with Crippen LogP contribution in [0.3, 0.4) is 0 Å². The van der Waals surface area contributed by atoms with Gasteiger partial charge >= 0.3 is 6.09 Å². The van der Waals surface area contributed by atoms with Crippen LogP contribution in [0.1, 0.15) is 5.56 Å². The molecule has 0 unspecified atom stereocenters. The van der Waals surface area contributed by atoms with E-state index in [0.717, 1.165) is 5.56 Å². The molecule has 3 rings (SSSR count). The minimum atomic E-state index is -0.704. The molecule has 0 fully saturated rings. The Balaban J connectivity index is 1.79. The summed E-state index contributed by atoms with van der Waals surface area (Å²) in [5, 5.41) is 24.6. The van der Waals surface area contributed by atoms with E-state index in [9.17, 15) is 15.1 Å². The van der Waals surface area contributed by atoms with Gasteiger partial charge in [-0.2, -0.15) is 4.73 Å². The van der Waals surface area contributed by atoms with Gasteiger partial charge in [-0.1, -0.05) is 30.3 Å². The van der Waals surface area contributed by atoms with Crippen LogP contribution >= 0.6 is 0 Å². The quantitative estimate of drug-likeness (QED) is 0.575. The number of fused-ring (bicyclic) bond motifs is 1. The molecule has 1 heterocycles. The maximum Gasteiger partial charge on any atom is 0.412 e. The van der Waals surface area contributed by atoms with E-state index < -0.39 is 6.09 Å². The van der Waals surface area contributed by atoms with E-state index in [0.29, 0.717) is 10.1 Å². The first-order valence-electron chi connectivity index (χ1n) is 6.96. The number of nitrogens with one attached hydrogen (secondary N) is 1. The van der Waals surface area contributed by atoms with E-state index in [1.54, 1.807) is 12.1 Å². The molecule has 0 aliphatic carbocycles. The van der Waals surface area contributed by atoms with Crippen LogP contribution in [0, 0.1) is 5.21 Å². The van der Waals surface area contributed by atoms with Crippen molar-refractivity contribution in [1.82, 2.24) is 0 Å². The summed E-state index contributed by atoms with van der Waals surface area (Å²) in [4.78, 5) is 11.9. The van der Waals surface area contributed by atoms with Gasteiger partial charge < -0.3 is 15.1 Å². The highest BCUT2D eigenvalue weighted by Crippen LogP contribution is 2.26. The number of benzene rings is 2. The highest BCUT2D eigenvalue weighted by atomic mass is 16.5. The highest BCUT2D eigenvalue weighted by molar-refractivity contribution is 5.97. The van der Waals surface area contributed by atoms with Gasteiger partial charge in [0, 0.05) is 12.1 Å². The molecule has 0 bridgehead atoms. The second-order valence-electron chi connectivity index (χ2n) is 4.95. The topological polar surface area (TPSA) is 85.5 Å². The number of carbonyl (C=O) groups excluding carboxylic acids is 1. The van der Waals surface area contributed by atoms with Gasteiger partial charge in [-0.05, 0) is 17.7 Å². The number of nitrogens with zero attached hydrogens (tertiary/aromatic N) is 1. The number of ether oxygens (including phenoxy) is 1. The third-order valence-corrected chi connectivity index (χ3v) is 3.29. The number of aromatic hydroxyl groups is 1. The summed E-state index contributed by atoms with van der Waals surface area (Å²) < 4.78 is 5.74. The van der Waals surface area contributed by atoms with Crippen molar-refractivity contribution >= 4 is 22.7 Å². The van der Waals surface area contributed by atoms with Crippen LogP contribution in [0.4, 0.5) is 10.5 Å². The van der Waals surface area contributed by atoms with Crippen molar-refractivity contribution in [2.24, 2.45) is 0 Å². The van der Waals surface area contributed by atoms with Gasteiger partial charge in [0.15, 0.2) is 6.20 Å². The summed E-state index contributed by atoms with van der Waals surface area (Å²) in [6, 6.07) is 15.2. The Bertz CT molecular complexity index is 850. The molecule has 116 valence electrons. The highest BCUT2D eigenvalue weighted by Gasteiger charge is 2.15. The number of aromatic nitrogens is 1. The van der Waals surface area contributed by atoms with Crippen LogP contribution in [0.5, 0.6) is 5.75 Å². The zero-order valence-corrected chi connectivity index (χ0v) is 12.1. The molecule has 6 nitrogen and oxygen atoms in total. The van der Waals surface area contributed by atoms with E-state index in [-0.39, 0.29) is 23.6 Å². The van der Waals surface area contributed by atoms with Gasteiger partial charge in [-0.25, -0.2) is 4.79 Å². The minimum absolute atomic E-state index is 0.0536. The molecule has 0 radical (unpaired) electrons. The normalized spacial score (nSPS) is 10.4. The molecule has 2 aromatic carbocycles. The maximum atomic E-state index is 11.9. The third kappa shape index (κ3) is 3.32. The largest absolute Gasteiger partial charge is 0.618 e. The lowest BCUT2D eigenvalue weighted by atomic mass is 10.2. The SMILES string of the molecule is O=C(Nc1cc(O)cc2ccc[n+]([O-])c12)OCc1ccccc1. The second-order valence-corrected chi connectivity index (χ2v) is 4.95. The smallest absolute Gasteiger partial charge is 0.412 e. The first kappa shape index (κ1) is 14.6.